The van der Waals surface area contributed by atoms with E-state index < -0.39 is 0 Å². The maximum Gasteiger partial charge on any atom is 0.255 e. The van der Waals surface area contributed by atoms with Crippen molar-refractivity contribution in [2.24, 2.45) is 0 Å². The number of piperidine rings is 1. The summed E-state index contributed by atoms with van der Waals surface area (Å²) in [4.78, 5) is 27.2. The Morgan fingerprint density at radius 2 is 1.88 bits per heavy atom. The number of rotatable bonds is 10. The molecule has 2 aromatic rings. The van der Waals surface area contributed by atoms with Crippen molar-refractivity contribution in [2.45, 2.75) is 58.5 Å². The van der Waals surface area contributed by atoms with Crippen LogP contribution in [-0.2, 0) is 11.3 Å². The molecule has 0 spiro atoms. The van der Waals surface area contributed by atoms with E-state index in [0.717, 1.165) is 18.8 Å². The standard InChI is InChI=1S/C26H35N3O3/c1-3-32-24-11-5-4-10-23(24)26(31)27-17-8-12-25(30)28-22-15-13-21(14-16-22)19-29-18-7-6-9-20(29)2/h4-5,10-11,13-16,20H,3,6-9,12,17-19H2,1-2H3,(H,27,31)(H,28,30). The van der Waals surface area contributed by atoms with Gasteiger partial charge in [0.25, 0.3) is 5.91 Å². The average molecular weight is 438 g/mol. The summed E-state index contributed by atoms with van der Waals surface area (Å²) in [5.74, 6) is 0.336. The Hall–Kier alpha value is -2.86. The van der Waals surface area contributed by atoms with Gasteiger partial charge in [-0.15, -0.1) is 0 Å². The molecule has 32 heavy (non-hydrogen) atoms. The van der Waals surface area contributed by atoms with E-state index in [0.29, 0.717) is 43.3 Å². The van der Waals surface area contributed by atoms with Gasteiger partial charge in [0.05, 0.1) is 12.2 Å². The van der Waals surface area contributed by atoms with Gasteiger partial charge >= 0.3 is 0 Å². The van der Waals surface area contributed by atoms with Crippen molar-refractivity contribution < 1.29 is 14.3 Å². The minimum atomic E-state index is -0.187. The van der Waals surface area contributed by atoms with Crippen molar-refractivity contribution in [2.75, 3.05) is 25.0 Å². The van der Waals surface area contributed by atoms with Gasteiger partial charge in [-0.1, -0.05) is 30.7 Å². The number of carbonyl (C=O) groups is 2. The van der Waals surface area contributed by atoms with Crippen molar-refractivity contribution in [3.63, 3.8) is 0 Å². The van der Waals surface area contributed by atoms with Crippen molar-refractivity contribution in [1.82, 2.24) is 10.2 Å². The molecule has 2 amide bonds. The van der Waals surface area contributed by atoms with Crippen molar-refractivity contribution in [3.8, 4) is 5.75 Å². The van der Waals surface area contributed by atoms with Crippen LogP contribution < -0.4 is 15.4 Å². The third-order valence-electron chi connectivity index (χ3n) is 5.86. The molecule has 1 saturated heterocycles. The van der Waals surface area contributed by atoms with Crippen LogP contribution in [0, 0.1) is 0 Å². The monoisotopic (exact) mass is 437 g/mol. The van der Waals surface area contributed by atoms with E-state index >= 15 is 0 Å². The lowest BCUT2D eigenvalue weighted by molar-refractivity contribution is -0.116. The van der Waals surface area contributed by atoms with Crippen LogP contribution in [0.1, 0.15) is 61.9 Å². The molecule has 2 aromatic carbocycles. The van der Waals surface area contributed by atoms with Gasteiger partial charge in [0, 0.05) is 31.2 Å². The van der Waals surface area contributed by atoms with Gasteiger partial charge in [0.1, 0.15) is 5.75 Å². The van der Waals surface area contributed by atoms with Gasteiger partial charge in [-0.05, 0) is 69.5 Å². The number of hydrogen-bond donors (Lipinski definition) is 2. The molecule has 1 aliphatic rings. The van der Waals surface area contributed by atoms with Crippen LogP contribution in [0.5, 0.6) is 5.75 Å². The highest BCUT2D eigenvalue weighted by Gasteiger charge is 2.18. The van der Waals surface area contributed by atoms with Crippen LogP contribution in [0.15, 0.2) is 48.5 Å². The number of carbonyl (C=O) groups excluding carboxylic acids is 2. The molecule has 6 nitrogen and oxygen atoms in total. The molecule has 2 N–H and O–H groups in total. The highest BCUT2D eigenvalue weighted by Crippen LogP contribution is 2.20. The highest BCUT2D eigenvalue weighted by molar-refractivity contribution is 5.97. The number of para-hydroxylation sites is 1. The molecule has 0 bridgehead atoms. The van der Waals surface area contributed by atoms with Crippen molar-refractivity contribution >= 4 is 17.5 Å². The molecule has 172 valence electrons. The molecule has 1 heterocycles. The number of hydrogen-bond acceptors (Lipinski definition) is 4. The van der Waals surface area contributed by atoms with Crippen LogP contribution in [0.4, 0.5) is 5.69 Å². The van der Waals surface area contributed by atoms with E-state index in [9.17, 15) is 9.59 Å². The largest absolute Gasteiger partial charge is 0.493 e. The molecule has 3 rings (SSSR count). The predicted molar refractivity (Wildman–Crippen MR) is 128 cm³/mol. The molecule has 1 atom stereocenters. The Morgan fingerprint density at radius 1 is 1.09 bits per heavy atom. The van der Waals surface area contributed by atoms with Gasteiger partial charge < -0.3 is 15.4 Å². The zero-order valence-electron chi connectivity index (χ0n) is 19.2. The molecule has 0 radical (unpaired) electrons. The molecule has 6 heteroatoms. The first-order valence-corrected chi connectivity index (χ1v) is 11.7. The lowest BCUT2D eigenvalue weighted by Crippen LogP contribution is -2.36. The summed E-state index contributed by atoms with van der Waals surface area (Å²) < 4.78 is 5.50. The molecule has 1 fully saturated rings. The topological polar surface area (TPSA) is 70.7 Å². The minimum absolute atomic E-state index is 0.0497. The molecule has 0 saturated carbocycles. The number of nitrogens with one attached hydrogen (secondary N) is 2. The van der Waals surface area contributed by atoms with E-state index in [1.807, 2.05) is 31.2 Å². The number of benzene rings is 2. The minimum Gasteiger partial charge on any atom is -0.493 e. The van der Waals surface area contributed by atoms with Crippen molar-refractivity contribution in [3.05, 3.63) is 59.7 Å². The Kier molecular flexibility index (Phi) is 9.11. The quantitative estimate of drug-likeness (QED) is 0.533. The fourth-order valence-corrected chi connectivity index (χ4v) is 4.03. The van der Waals surface area contributed by atoms with Gasteiger partial charge in [-0.2, -0.15) is 0 Å². The summed E-state index contributed by atoms with van der Waals surface area (Å²) in [7, 11) is 0. The average Bonchev–Trinajstić information content (AvgIpc) is 2.80. The van der Waals surface area contributed by atoms with Crippen LogP contribution >= 0.6 is 0 Å². The lowest BCUT2D eigenvalue weighted by atomic mass is 10.0. The highest BCUT2D eigenvalue weighted by atomic mass is 16.5. The predicted octanol–water partition coefficient (Wildman–Crippen LogP) is 4.61. The van der Waals surface area contributed by atoms with E-state index in [2.05, 4.69) is 34.6 Å². The fourth-order valence-electron chi connectivity index (χ4n) is 4.03. The Bertz CT molecular complexity index is 882. The molecule has 0 aliphatic carbocycles. The van der Waals surface area contributed by atoms with Gasteiger partial charge in [0.15, 0.2) is 0 Å². The third-order valence-corrected chi connectivity index (χ3v) is 5.86. The zero-order chi connectivity index (χ0) is 22.8. The number of likely N-dealkylation sites (tertiary alicyclic amines) is 1. The van der Waals surface area contributed by atoms with Gasteiger partial charge in [-0.3, -0.25) is 14.5 Å². The Labute approximate surface area is 191 Å². The van der Waals surface area contributed by atoms with Crippen LogP contribution in [-0.4, -0.2) is 42.5 Å². The van der Waals surface area contributed by atoms with Crippen LogP contribution in [0.3, 0.4) is 0 Å². The summed E-state index contributed by atoms with van der Waals surface area (Å²) in [6, 6.07) is 15.9. The summed E-state index contributed by atoms with van der Waals surface area (Å²) in [6.07, 6.45) is 4.79. The van der Waals surface area contributed by atoms with E-state index in [4.69, 9.17) is 4.74 Å². The summed E-state index contributed by atoms with van der Waals surface area (Å²) in [5, 5.41) is 5.81. The first-order chi connectivity index (χ1) is 15.6. The maximum absolute atomic E-state index is 12.4. The number of anilines is 1. The number of amides is 2. The van der Waals surface area contributed by atoms with Crippen molar-refractivity contribution in [1.29, 1.82) is 0 Å². The zero-order valence-corrected chi connectivity index (χ0v) is 19.2. The van der Waals surface area contributed by atoms with Crippen LogP contribution in [0.25, 0.3) is 0 Å². The summed E-state index contributed by atoms with van der Waals surface area (Å²) >= 11 is 0. The maximum atomic E-state index is 12.4. The Morgan fingerprint density at radius 3 is 2.62 bits per heavy atom. The summed E-state index contributed by atoms with van der Waals surface area (Å²) in [5.41, 5.74) is 2.59. The van der Waals surface area contributed by atoms with E-state index in [-0.39, 0.29) is 11.8 Å². The Balaban J connectivity index is 1.38. The molecule has 0 aromatic heterocycles. The van der Waals surface area contributed by atoms with E-state index in [1.165, 1.54) is 24.8 Å². The summed E-state index contributed by atoms with van der Waals surface area (Å²) in [6.45, 7) is 7.24. The smallest absolute Gasteiger partial charge is 0.255 e. The fraction of sp³-hybridized carbons (Fsp3) is 0.462. The second-order valence-electron chi connectivity index (χ2n) is 8.35. The number of ether oxygens (including phenoxy) is 1. The first-order valence-electron chi connectivity index (χ1n) is 11.7. The molecule has 1 unspecified atom stereocenters. The molecular formula is C26H35N3O3. The third kappa shape index (κ3) is 7.09. The van der Waals surface area contributed by atoms with Crippen LogP contribution in [0.2, 0.25) is 0 Å². The van der Waals surface area contributed by atoms with Gasteiger partial charge in [-0.25, -0.2) is 0 Å². The first kappa shape index (κ1) is 23.8. The SMILES string of the molecule is CCOc1ccccc1C(=O)NCCCC(=O)Nc1ccc(CN2CCCCC2C)cc1. The second-order valence-corrected chi connectivity index (χ2v) is 8.35. The molecular weight excluding hydrogens is 402 g/mol. The van der Waals surface area contributed by atoms with E-state index in [1.54, 1.807) is 12.1 Å². The lowest BCUT2D eigenvalue weighted by Gasteiger charge is -2.33. The second kappa shape index (κ2) is 12.2. The normalized spacial score (nSPS) is 16.4. The number of nitrogens with zero attached hydrogens (tertiary/aromatic N) is 1. The van der Waals surface area contributed by atoms with Gasteiger partial charge in [0.2, 0.25) is 5.91 Å². The molecule has 1 aliphatic heterocycles.